The lowest BCUT2D eigenvalue weighted by Gasteiger charge is -2.39. The van der Waals surface area contributed by atoms with Gasteiger partial charge in [0, 0.05) is 25.2 Å². The standard InChI is InChI=1S/C20H26ClN3O4/c1-12-5-3-7-16(13(12)2)24-10-14(9-18(24)26)20(27)28-11-17(25)23-15-6-4-8-22-19(15)21/h4,6,8,12-14,16H,3,5,7,9-11H2,1-2H3,(H,23,25)/t12-,13-,14-,16-/m1/s1. The van der Waals surface area contributed by atoms with Gasteiger partial charge in [-0.3, -0.25) is 14.4 Å². The van der Waals surface area contributed by atoms with Crippen molar-refractivity contribution in [3.05, 3.63) is 23.5 Å². The van der Waals surface area contributed by atoms with Crippen LogP contribution in [0.3, 0.4) is 0 Å². The van der Waals surface area contributed by atoms with Gasteiger partial charge in [0.15, 0.2) is 11.8 Å². The van der Waals surface area contributed by atoms with Crippen LogP contribution in [0.2, 0.25) is 5.15 Å². The molecule has 1 aromatic rings. The molecule has 2 heterocycles. The highest BCUT2D eigenvalue weighted by Crippen LogP contribution is 2.35. The summed E-state index contributed by atoms with van der Waals surface area (Å²) in [5, 5.41) is 2.71. The van der Waals surface area contributed by atoms with Gasteiger partial charge in [0.2, 0.25) is 5.91 Å². The molecule has 0 spiro atoms. The molecule has 8 heteroatoms. The summed E-state index contributed by atoms with van der Waals surface area (Å²) in [5.41, 5.74) is 0.354. The Bertz CT molecular complexity index is 757. The minimum absolute atomic E-state index is 0.000469. The monoisotopic (exact) mass is 407 g/mol. The van der Waals surface area contributed by atoms with Crippen LogP contribution in [0.4, 0.5) is 5.69 Å². The highest BCUT2D eigenvalue weighted by Gasteiger charge is 2.42. The van der Waals surface area contributed by atoms with Gasteiger partial charge >= 0.3 is 5.97 Å². The summed E-state index contributed by atoms with van der Waals surface area (Å²) in [4.78, 5) is 42.5. The van der Waals surface area contributed by atoms with E-state index in [2.05, 4.69) is 24.1 Å². The summed E-state index contributed by atoms with van der Waals surface area (Å²) in [6.45, 7) is 4.35. The first kappa shape index (κ1) is 20.6. The Hall–Kier alpha value is -2.15. The van der Waals surface area contributed by atoms with Gasteiger partial charge in [0.1, 0.15) is 0 Å². The Morgan fingerprint density at radius 2 is 2.14 bits per heavy atom. The molecule has 4 atom stereocenters. The lowest BCUT2D eigenvalue weighted by atomic mass is 9.77. The third-order valence-electron chi connectivity index (χ3n) is 5.93. The first-order valence-electron chi connectivity index (χ1n) is 9.73. The van der Waals surface area contributed by atoms with E-state index in [1.54, 1.807) is 12.1 Å². The van der Waals surface area contributed by atoms with E-state index in [-0.39, 0.29) is 23.5 Å². The maximum atomic E-state index is 12.5. The lowest BCUT2D eigenvalue weighted by Crippen LogP contribution is -2.45. The molecule has 1 N–H and O–H groups in total. The van der Waals surface area contributed by atoms with E-state index in [0.29, 0.717) is 24.1 Å². The zero-order valence-corrected chi connectivity index (χ0v) is 16.9. The topological polar surface area (TPSA) is 88.6 Å². The number of carbonyl (C=O) groups excluding carboxylic acids is 3. The predicted octanol–water partition coefficient (Wildman–Crippen LogP) is 2.89. The van der Waals surface area contributed by atoms with Gasteiger partial charge in [-0.15, -0.1) is 0 Å². The summed E-state index contributed by atoms with van der Waals surface area (Å²) in [6, 6.07) is 3.43. The van der Waals surface area contributed by atoms with Crippen molar-refractivity contribution in [1.82, 2.24) is 9.88 Å². The number of nitrogens with one attached hydrogen (secondary N) is 1. The Balaban J connectivity index is 1.50. The summed E-state index contributed by atoms with van der Waals surface area (Å²) >= 11 is 5.89. The molecule has 7 nitrogen and oxygen atoms in total. The first-order valence-corrected chi connectivity index (χ1v) is 10.1. The zero-order valence-electron chi connectivity index (χ0n) is 16.2. The van der Waals surface area contributed by atoms with Crippen LogP contribution in [0.5, 0.6) is 0 Å². The van der Waals surface area contributed by atoms with Crippen molar-refractivity contribution in [3.8, 4) is 0 Å². The summed E-state index contributed by atoms with van der Waals surface area (Å²) in [7, 11) is 0. The van der Waals surface area contributed by atoms with Crippen molar-refractivity contribution >= 4 is 35.1 Å². The second kappa shape index (κ2) is 8.90. The largest absolute Gasteiger partial charge is 0.455 e. The quantitative estimate of drug-likeness (QED) is 0.598. The molecule has 0 aromatic carbocycles. The number of aromatic nitrogens is 1. The van der Waals surface area contributed by atoms with E-state index in [1.807, 2.05) is 4.90 Å². The lowest BCUT2D eigenvalue weighted by molar-refractivity contribution is -0.151. The number of pyridine rings is 1. The maximum absolute atomic E-state index is 12.5. The van der Waals surface area contributed by atoms with Gasteiger partial charge in [-0.1, -0.05) is 38.3 Å². The average Bonchev–Trinajstić information content (AvgIpc) is 3.05. The molecule has 28 heavy (non-hydrogen) atoms. The molecule has 1 aliphatic heterocycles. The number of nitrogens with zero attached hydrogens (tertiary/aromatic N) is 2. The van der Waals surface area contributed by atoms with Gasteiger partial charge in [-0.25, -0.2) is 4.98 Å². The number of hydrogen-bond donors (Lipinski definition) is 1. The van der Waals surface area contributed by atoms with Gasteiger partial charge in [-0.2, -0.15) is 0 Å². The number of likely N-dealkylation sites (tertiary alicyclic amines) is 1. The molecule has 0 unspecified atom stereocenters. The summed E-state index contributed by atoms with van der Waals surface area (Å²) in [6.07, 6.45) is 4.92. The number of halogens is 1. The molecule has 3 rings (SSSR count). The van der Waals surface area contributed by atoms with Crippen molar-refractivity contribution in [1.29, 1.82) is 0 Å². The van der Waals surface area contributed by atoms with Crippen molar-refractivity contribution in [3.63, 3.8) is 0 Å². The Labute approximate surface area is 169 Å². The van der Waals surface area contributed by atoms with E-state index in [4.69, 9.17) is 16.3 Å². The van der Waals surface area contributed by atoms with Crippen LogP contribution < -0.4 is 5.32 Å². The minimum atomic E-state index is -0.522. The highest BCUT2D eigenvalue weighted by molar-refractivity contribution is 6.32. The molecular formula is C20H26ClN3O4. The van der Waals surface area contributed by atoms with Gasteiger partial charge in [-0.05, 0) is 30.4 Å². The molecule has 1 saturated carbocycles. The molecule has 0 bridgehead atoms. The molecule has 1 saturated heterocycles. The average molecular weight is 408 g/mol. The predicted molar refractivity (Wildman–Crippen MR) is 105 cm³/mol. The molecule has 0 radical (unpaired) electrons. The van der Waals surface area contributed by atoms with Crippen molar-refractivity contribution in [2.45, 2.75) is 45.6 Å². The number of rotatable bonds is 5. The number of hydrogen-bond acceptors (Lipinski definition) is 5. The summed E-state index contributed by atoms with van der Waals surface area (Å²) < 4.78 is 5.14. The number of carbonyl (C=O) groups is 3. The van der Waals surface area contributed by atoms with Crippen molar-refractivity contribution < 1.29 is 19.1 Å². The second-order valence-electron chi connectivity index (χ2n) is 7.78. The molecule has 1 aromatic heterocycles. The SMILES string of the molecule is C[C@@H]1[C@H](C)CCC[C@H]1N1C[C@H](C(=O)OCC(=O)Nc2cccnc2Cl)CC1=O. The molecular weight excluding hydrogens is 382 g/mol. The molecule has 2 fully saturated rings. The van der Waals surface area contributed by atoms with Crippen molar-refractivity contribution in [2.24, 2.45) is 17.8 Å². The van der Waals surface area contributed by atoms with E-state index in [9.17, 15) is 14.4 Å². The fourth-order valence-electron chi connectivity index (χ4n) is 4.12. The van der Waals surface area contributed by atoms with Crippen LogP contribution in [0.1, 0.15) is 39.5 Å². The van der Waals surface area contributed by atoms with Crippen LogP contribution in [0.25, 0.3) is 0 Å². The second-order valence-corrected chi connectivity index (χ2v) is 8.14. The Morgan fingerprint density at radius 1 is 1.36 bits per heavy atom. The Morgan fingerprint density at radius 3 is 2.89 bits per heavy atom. The number of amides is 2. The molecule has 152 valence electrons. The van der Waals surface area contributed by atoms with Crippen LogP contribution in [0, 0.1) is 17.8 Å². The molecule has 1 aliphatic carbocycles. The smallest absolute Gasteiger partial charge is 0.311 e. The van der Waals surface area contributed by atoms with E-state index < -0.39 is 24.4 Å². The van der Waals surface area contributed by atoms with Crippen LogP contribution >= 0.6 is 11.6 Å². The normalized spacial score (nSPS) is 27.5. The maximum Gasteiger partial charge on any atom is 0.311 e. The first-order chi connectivity index (χ1) is 13.4. The number of ether oxygens (including phenoxy) is 1. The van der Waals surface area contributed by atoms with Gasteiger partial charge in [0.05, 0.1) is 11.6 Å². The zero-order chi connectivity index (χ0) is 20.3. The third kappa shape index (κ3) is 4.63. The fraction of sp³-hybridized carbons (Fsp3) is 0.600. The van der Waals surface area contributed by atoms with Crippen LogP contribution in [-0.4, -0.2) is 46.9 Å². The van der Waals surface area contributed by atoms with Crippen LogP contribution in [0.15, 0.2) is 18.3 Å². The Kier molecular flexibility index (Phi) is 6.54. The van der Waals surface area contributed by atoms with Crippen molar-refractivity contribution in [2.75, 3.05) is 18.5 Å². The van der Waals surface area contributed by atoms with E-state index in [1.165, 1.54) is 12.6 Å². The molecule has 2 amide bonds. The highest BCUT2D eigenvalue weighted by atomic mass is 35.5. The fourth-order valence-corrected chi connectivity index (χ4v) is 4.29. The van der Waals surface area contributed by atoms with E-state index >= 15 is 0 Å². The van der Waals surface area contributed by atoms with Gasteiger partial charge < -0.3 is 15.0 Å². The van der Waals surface area contributed by atoms with E-state index in [0.717, 1.165) is 12.8 Å². The van der Waals surface area contributed by atoms with Crippen LogP contribution in [-0.2, 0) is 19.1 Å². The van der Waals surface area contributed by atoms with Gasteiger partial charge in [0.25, 0.3) is 5.91 Å². The number of anilines is 1. The third-order valence-corrected chi connectivity index (χ3v) is 6.24. The summed E-state index contributed by atoms with van der Waals surface area (Å²) in [5.74, 6) is -0.548. The minimum Gasteiger partial charge on any atom is -0.455 e. The molecule has 2 aliphatic rings. The number of esters is 1.